The molecule has 2 fully saturated rings. The van der Waals surface area contributed by atoms with Gasteiger partial charge in [0, 0.05) is 46.3 Å². The van der Waals surface area contributed by atoms with Gasteiger partial charge in [-0.15, -0.1) is 24.0 Å². The fourth-order valence-corrected chi connectivity index (χ4v) is 3.53. The van der Waals surface area contributed by atoms with Gasteiger partial charge in [-0.25, -0.2) is 0 Å². The molecule has 0 radical (unpaired) electrons. The van der Waals surface area contributed by atoms with E-state index in [0.717, 1.165) is 57.8 Å². The van der Waals surface area contributed by atoms with Gasteiger partial charge in [-0.1, -0.05) is 6.92 Å². The van der Waals surface area contributed by atoms with Gasteiger partial charge < -0.3 is 20.3 Å². The Balaban J connectivity index is 0.00000312. The summed E-state index contributed by atoms with van der Waals surface area (Å²) in [6.07, 6.45) is 5.25. The molecule has 2 aliphatic heterocycles. The van der Waals surface area contributed by atoms with Crippen molar-refractivity contribution in [1.29, 1.82) is 0 Å². The van der Waals surface area contributed by atoms with E-state index in [-0.39, 0.29) is 24.0 Å². The van der Waals surface area contributed by atoms with E-state index in [1.54, 1.807) is 0 Å². The van der Waals surface area contributed by atoms with Gasteiger partial charge in [-0.05, 0) is 44.7 Å². The average molecular weight is 467 g/mol. The molecule has 2 rings (SSSR count). The molecule has 2 heterocycles. The Labute approximate surface area is 171 Å². The normalized spacial score (nSPS) is 23.1. The van der Waals surface area contributed by atoms with Crippen LogP contribution in [0.1, 0.15) is 32.6 Å². The second-order valence-corrected chi connectivity index (χ2v) is 7.13. The summed E-state index contributed by atoms with van der Waals surface area (Å²) in [5, 5.41) is 6.84. The second-order valence-electron chi connectivity index (χ2n) is 7.13. The third-order valence-electron chi connectivity index (χ3n) is 4.98. The summed E-state index contributed by atoms with van der Waals surface area (Å²) >= 11 is 0. The fourth-order valence-electron chi connectivity index (χ4n) is 3.53. The number of likely N-dealkylation sites (tertiary alicyclic amines) is 1. The van der Waals surface area contributed by atoms with Gasteiger partial charge in [0.2, 0.25) is 0 Å². The zero-order valence-electron chi connectivity index (χ0n) is 16.1. The van der Waals surface area contributed by atoms with E-state index < -0.39 is 0 Å². The van der Waals surface area contributed by atoms with Crippen LogP contribution in [0.15, 0.2) is 4.99 Å². The maximum absolute atomic E-state index is 5.37. The molecule has 2 aliphatic rings. The van der Waals surface area contributed by atoms with Gasteiger partial charge >= 0.3 is 0 Å². The highest BCUT2D eigenvalue weighted by molar-refractivity contribution is 14.0. The first-order valence-electron chi connectivity index (χ1n) is 9.75. The van der Waals surface area contributed by atoms with Crippen LogP contribution in [0.25, 0.3) is 0 Å². The lowest BCUT2D eigenvalue weighted by atomic mass is 10.0. The van der Waals surface area contributed by atoms with E-state index in [1.165, 1.54) is 45.3 Å². The van der Waals surface area contributed by atoms with Crippen molar-refractivity contribution in [3.05, 3.63) is 0 Å². The van der Waals surface area contributed by atoms with E-state index in [2.05, 4.69) is 32.3 Å². The number of guanidine groups is 1. The van der Waals surface area contributed by atoms with Crippen LogP contribution in [0, 0.1) is 5.92 Å². The minimum Gasteiger partial charge on any atom is -0.379 e. The van der Waals surface area contributed by atoms with Gasteiger partial charge in [0.25, 0.3) is 0 Å². The van der Waals surface area contributed by atoms with Crippen molar-refractivity contribution in [3.8, 4) is 0 Å². The van der Waals surface area contributed by atoms with Crippen molar-refractivity contribution < 1.29 is 4.74 Å². The molecule has 148 valence electrons. The highest BCUT2D eigenvalue weighted by atomic mass is 127. The number of ether oxygens (including phenoxy) is 1. The van der Waals surface area contributed by atoms with Crippen molar-refractivity contribution in [3.63, 3.8) is 0 Å². The van der Waals surface area contributed by atoms with Crippen LogP contribution in [0.5, 0.6) is 0 Å². The van der Waals surface area contributed by atoms with Gasteiger partial charge in [0.1, 0.15) is 0 Å². The lowest BCUT2D eigenvalue weighted by Gasteiger charge is -2.30. The Morgan fingerprint density at radius 3 is 2.52 bits per heavy atom. The number of morpholine rings is 1. The quantitative estimate of drug-likeness (QED) is 0.246. The second kappa shape index (κ2) is 14.0. The number of rotatable bonds is 8. The van der Waals surface area contributed by atoms with Crippen LogP contribution in [0.3, 0.4) is 0 Å². The molecule has 0 aliphatic carbocycles. The minimum atomic E-state index is 0. The highest BCUT2D eigenvalue weighted by Gasteiger charge is 2.15. The van der Waals surface area contributed by atoms with Crippen molar-refractivity contribution in [2.75, 3.05) is 72.6 Å². The summed E-state index contributed by atoms with van der Waals surface area (Å²) in [6, 6.07) is 0. The third kappa shape index (κ3) is 9.96. The summed E-state index contributed by atoms with van der Waals surface area (Å²) in [7, 11) is 1.85. The molecule has 0 saturated carbocycles. The minimum absolute atomic E-state index is 0. The third-order valence-corrected chi connectivity index (χ3v) is 4.98. The first-order chi connectivity index (χ1) is 11.8. The number of nitrogens with zero attached hydrogens (tertiary/aromatic N) is 3. The molecule has 0 amide bonds. The first kappa shape index (κ1) is 22.9. The molecule has 1 unspecified atom stereocenters. The summed E-state index contributed by atoms with van der Waals surface area (Å²) in [5.74, 6) is 1.81. The largest absolute Gasteiger partial charge is 0.379 e. The van der Waals surface area contributed by atoms with Crippen LogP contribution in [0.4, 0.5) is 0 Å². The number of nitrogens with one attached hydrogen (secondary N) is 2. The standard InChI is InChI=1S/C18H37N5O.HI/c1-17-6-5-10-23(16-17)9-4-3-7-20-18(19-2)21-8-11-22-12-14-24-15-13-22;/h17H,3-16H2,1-2H3,(H2,19,20,21);1H. The maximum Gasteiger partial charge on any atom is 0.191 e. The first-order valence-corrected chi connectivity index (χ1v) is 9.75. The van der Waals surface area contributed by atoms with Crippen LogP contribution in [-0.4, -0.2) is 88.4 Å². The smallest absolute Gasteiger partial charge is 0.191 e. The van der Waals surface area contributed by atoms with Crippen molar-refractivity contribution >= 4 is 29.9 Å². The molecule has 0 aromatic heterocycles. The Kier molecular flexibility index (Phi) is 12.8. The summed E-state index contributed by atoms with van der Waals surface area (Å²) in [4.78, 5) is 9.37. The highest BCUT2D eigenvalue weighted by Crippen LogP contribution is 2.15. The number of hydrogen-bond acceptors (Lipinski definition) is 4. The SMILES string of the molecule is CN=C(NCCCCN1CCCC(C)C1)NCCN1CCOCC1.I. The monoisotopic (exact) mass is 467 g/mol. The van der Waals surface area contributed by atoms with Crippen molar-refractivity contribution in [2.24, 2.45) is 10.9 Å². The lowest BCUT2D eigenvalue weighted by Crippen LogP contribution is -2.44. The van der Waals surface area contributed by atoms with Crippen LogP contribution >= 0.6 is 24.0 Å². The van der Waals surface area contributed by atoms with Gasteiger partial charge in [-0.3, -0.25) is 9.89 Å². The molecule has 2 saturated heterocycles. The maximum atomic E-state index is 5.37. The predicted molar refractivity (Wildman–Crippen MR) is 116 cm³/mol. The summed E-state index contributed by atoms with van der Waals surface area (Å²) < 4.78 is 5.37. The molecule has 6 nitrogen and oxygen atoms in total. The molecule has 1 atom stereocenters. The Hall–Kier alpha value is -0.120. The molecule has 0 bridgehead atoms. The topological polar surface area (TPSA) is 52.1 Å². The molecular formula is C18H38IN5O. The van der Waals surface area contributed by atoms with Crippen molar-refractivity contribution in [2.45, 2.75) is 32.6 Å². The van der Waals surface area contributed by atoms with Crippen LogP contribution < -0.4 is 10.6 Å². The molecule has 0 aromatic rings. The predicted octanol–water partition coefficient (Wildman–Crippen LogP) is 1.61. The number of aliphatic imine (C=N–C) groups is 1. The van der Waals surface area contributed by atoms with E-state index >= 15 is 0 Å². The van der Waals surface area contributed by atoms with Crippen LogP contribution in [0.2, 0.25) is 0 Å². The Morgan fingerprint density at radius 1 is 1.04 bits per heavy atom. The van der Waals surface area contributed by atoms with E-state index in [9.17, 15) is 0 Å². The number of piperidine rings is 1. The average Bonchev–Trinajstić information content (AvgIpc) is 2.61. The Bertz CT molecular complexity index is 363. The van der Waals surface area contributed by atoms with E-state index in [0.29, 0.717) is 0 Å². The van der Waals surface area contributed by atoms with Crippen molar-refractivity contribution in [1.82, 2.24) is 20.4 Å². The lowest BCUT2D eigenvalue weighted by molar-refractivity contribution is 0.0389. The van der Waals surface area contributed by atoms with Crippen LogP contribution in [-0.2, 0) is 4.74 Å². The van der Waals surface area contributed by atoms with E-state index in [4.69, 9.17) is 4.74 Å². The molecule has 0 spiro atoms. The molecule has 7 heteroatoms. The number of hydrogen-bond donors (Lipinski definition) is 2. The van der Waals surface area contributed by atoms with Gasteiger partial charge in [-0.2, -0.15) is 0 Å². The molecule has 0 aromatic carbocycles. The zero-order chi connectivity index (χ0) is 17.0. The molecule has 25 heavy (non-hydrogen) atoms. The van der Waals surface area contributed by atoms with Gasteiger partial charge in [0.05, 0.1) is 13.2 Å². The molecular weight excluding hydrogens is 429 g/mol. The number of unbranched alkanes of at least 4 members (excludes halogenated alkanes) is 1. The zero-order valence-corrected chi connectivity index (χ0v) is 18.5. The summed E-state index contributed by atoms with van der Waals surface area (Å²) in [6.45, 7) is 13.0. The Morgan fingerprint density at radius 2 is 1.80 bits per heavy atom. The number of halogens is 1. The summed E-state index contributed by atoms with van der Waals surface area (Å²) in [5.41, 5.74) is 0. The van der Waals surface area contributed by atoms with E-state index in [1.807, 2.05) is 7.05 Å². The van der Waals surface area contributed by atoms with Gasteiger partial charge in [0.15, 0.2) is 5.96 Å². The molecule has 2 N–H and O–H groups in total. The fraction of sp³-hybridized carbons (Fsp3) is 0.944.